The van der Waals surface area contributed by atoms with E-state index < -0.39 is 0 Å². The molecule has 47 heavy (non-hydrogen) atoms. The summed E-state index contributed by atoms with van der Waals surface area (Å²) >= 11 is 1.85. The van der Waals surface area contributed by atoms with Gasteiger partial charge in [0, 0.05) is 59.6 Å². The summed E-state index contributed by atoms with van der Waals surface area (Å²) in [5.41, 5.74) is 7.25. The number of pyridine rings is 1. The molecule has 0 spiro atoms. The van der Waals surface area contributed by atoms with Gasteiger partial charge in [-0.15, -0.1) is 11.3 Å². The Bertz CT molecular complexity index is 2800. The van der Waals surface area contributed by atoms with Crippen molar-refractivity contribution >= 4 is 92.2 Å². The van der Waals surface area contributed by atoms with Crippen molar-refractivity contribution in [1.82, 2.24) is 4.98 Å². The molecule has 10 rings (SSSR count). The van der Waals surface area contributed by atoms with Crippen LogP contribution in [0.3, 0.4) is 0 Å². The number of benzene rings is 7. The Balaban J connectivity index is 1.21. The lowest BCUT2D eigenvalue weighted by atomic mass is 9.98. The predicted molar refractivity (Wildman–Crippen MR) is 200 cm³/mol. The molecule has 3 heterocycles. The average molecular weight is 619 g/mol. The number of hydrogen-bond acceptors (Lipinski definition) is 4. The summed E-state index contributed by atoms with van der Waals surface area (Å²) in [5.74, 6) is 0. The number of hydrogen-bond donors (Lipinski definition) is 0. The van der Waals surface area contributed by atoms with Crippen LogP contribution in [0.1, 0.15) is 0 Å². The molecule has 10 aromatic rings. The fourth-order valence-corrected chi connectivity index (χ4v) is 8.20. The third-order valence-corrected chi connectivity index (χ3v) is 10.4. The largest absolute Gasteiger partial charge is 0.437 e. The highest BCUT2D eigenvalue weighted by molar-refractivity contribution is 7.25. The first-order valence-corrected chi connectivity index (χ1v) is 16.6. The molecule has 220 valence electrons. The summed E-state index contributed by atoms with van der Waals surface area (Å²) < 4.78 is 9.03. The molecule has 0 aliphatic carbocycles. The van der Waals surface area contributed by atoms with E-state index >= 15 is 0 Å². The van der Waals surface area contributed by atoms with Crippen molar-refractivity contribution in [2.75, 3.05) is 4.90 Å². The second-order valence-corrected chi connectivity index (χ2v) is 13.1. The predicted octanol–water partition coefficient (Wildman–Crippen LogP) is 12.8. The molecule has 0 aliphatic heterocycles. The van der Waals surface area contributed by atoms with Gasteiger partial charge in [0.2, 0.25) is 5.71 Å². The van der Waals surface area contributed by atoms with Crippen molar-refractivity contribution in [3.8, 4) is 11.1 Å². The number of aromatic nitrogens is 1. The number of anilines is 3. The SMILES string of the molecule is c1ccc(-c2ccc(N(c3ccc4c(c3)sc3ccccc34)c3ccc4ccc5ccc6c7cccnc7oc6c5c4c3)cc2)cc1. The molecular formula is C43H26N2OS. The summed E-state index contributed by atoms with van der Waals surface area (Å²) in [6, 6.07) is 54.6. The van der Waals surface area contributed by atoms with Gasteiger partial charge in [0.1, 0.15) is 5.58 Å². The van der Waals surface area contributed by atoms with Crippen LogP contribution in [0.5, 0.6) is 0 Å². The standard InChI is InChI=1S/C43H26N2OS/c1-2-7-27(8-3-1)28-14-18-31(19-15-28)45(33-21-23-35-34-9-4-5-11-39(34)47-40(35)26-33)32-20-16-29-12-13-30-17-22-36-37-10-6-24-44-43(37)46-42(36)41(30)38(29)25-32/h1-26H. The fourth-order valence-electron chi connectivity index (χ4n) is 7.07. The van der Waals surface area contributed by atoms with Gasteiger partial charge in [0.05, 0.1) is 0 Å². The van der Waals surface area contributed by atoms with E-state index in [9.17, 15) is 0 Å². The lowest BCUT2D eigenvalue weighted by molar-refractivity contribution is 0.658. The molecule has 7 aromatic carbocycles. The monoisotopic (exact) mass is 618 g/mol. The normalized spacial score (nSPS) is 11.8. The van der Waals surface area contributed by atoms with Crippen molar-refractivity contribution < 1.29 is 4.42 Å². The van der Waals surface area contributed by atoms with Crippen molar-refractivity contribution in [1.29, 1.82) is 0 Å². The van der Waals surface area contributed by atoms with Gasteiger partial charge in [-0.05, 0) is 87.9 Å². The minimum absolute atomic E-state index is 0.667. The smallest absolute Gasteiger partial charge is 0.227 e. The van der Waals surface area contributed by atoms with E-state index in [1.165, 1.54) is 36.7 Å². The number of fused-ring (bicyclic) bond motifs is 10. The third kappa shape index (κ3) is 4.16. The zero-order valence-corrected chi connectivity index (χ0v) is 26.0. The summed E-state index contributed by atoms with van der Waals surface area (Å²) in [4.78, 5) is 6.90. The van der Waals surface area contributed by atoms with Gasteiger partial charge in [-0.25, -0.2) is 4.98 Å². The van der Waals surface area contributed by atoms with E-state index in [1.54, 1.807) is 6.20 Å². The molecule has 0 radical (unpaired) electrons. The molecule has 4 heteroatoms. The van der Waals surface area contributed by atoms with Crippen LogP contribution in [-0.2, 0) is 0 Å². The van der Waals surface area contributed by atoms with Gasteiger partial charge < -0.3 is 9.32 Å². The van der Waals surface area contributed by atoms with E-state index in [-0.39, 0.29) is 0 Å². The topological polar surface area (TPSA) is 29.3 Å². The van der Waals surface area contributed by atoms with Crippen LogP contribution in [-0.4, -0.2) is 4.98 Å². The maximum Gasteiger partial charge on any atom is 0.227 e. The van der Waals surface area contributed by atoms with Gasteiger partial charge in [0.15, 0.2) is 0 Å². The molecule has 0 atom stereocenters. The molecule has 0 N–H and O–H groups in total. The van der Waals surface area contributed by atoms with E-state index in [4.69, 9.17) is 4.42 Å². The van der Waals surface area contributed by atoms with E-state index in [1.807, 2.05) is 17.4 Å². The Hall–Kier alpha value is -5.97. The first kappa shape index (κ1) is 26.3. The summed E-state index contributed by atoms with van der Waals surface area (Å²) in [7, 11) is 0. The van der Waals surface area contributed by atoms with Crippen LogP contribution in [0, 0.1) is 0 Å². The maximum absolute atomic E-state index is 6.45. The first-order chi connectivity index (χ1) is 23.3. The van der Waals surface area contributed by atoms with Gasteiger partial charge >= 0.3 is 0 Å². The molecule has 0 amide bonds. The lowest BCUT2D eigenvalue weighted by Gasteiger charge is -2.26. The van der Waals surface area contributed by atoms with Crippen LogP contribution in [0.2, 0.25) is 0 Å². The second-order valence-electron chi connectivity index (χ2n) is 12.0. The number of rotatable bonds is 4. The lowest BCUT2D eigenvalue weighted by Crippen LogP contribution is -2.09. The minimum atomic E-state index is 0.667. The molecule has 0 unspecified atom stereocenters. The number of nitrogens with zero attached hydrogens (tertiary/aromatic N) is 2. The summed E-state index contributed by atoms with van der Waals surface area (Å²) in [5, 5.41) is 9.29. The summed E-state index contributed by atoms with van der Waals surface area (Å²) in [6.07, 6.45) is 1.79. The Morgan fingerprint density at radius 2 is 1.13 bits per heavy atom. The molecule has 3 nitrogen and oxygen atoms in total. The van der Waals surface area contributed by atoms with E-state index in [2.05, 4.69) is 155 Å². The number of furan rings is 1. The Kier molecular flexibility index (Phi) is 5.74. The molecule has 0 saturated carbocycles. The highest BCUT2D eigenvalue weighted by atomic mass is 32.1. The van der Waals surface area contributed by atoms with Crippen LogP contribution in [0.15, 0.2) is 162 Å². The zero-order chi connectivity index (χ0) is 30.9. The molecule has 0 saturated heterocycles. The Labute approximate surface area is 274 Å². The Morgan fingerprint density at radius 1 is 0.468 bits per heavy atom. The second kappa shape index (κ2) is 10.3. The van der Waals surface area contributed by atoms with Gasteiger partial charge in [0.25, 0.3) is 0 Å². The highest BCUT2D eigenvalue weighted by Gasteiger charge is 2.18. The van der Waals surface area contributed by atoms with Crippen molar-refractivity contribution in [2.45, 2.75) is 0 Å². The van der Waals surface area contributed by atoms with Crippen LogP contribution in [0.25, 0.3) is 74.9 Å². The average Bonchev–Trinajstić information content (AvgIpc) is 3.70. The Morgan fingerprint density at radius 3 is 2.04 bits per heavy atom. The molecule has 0 fully saturated rings. The molecule has 0 aliphatic rings. The van der Waals surface area contributed by atoms with Crippen LogP contribution in [0.4, 0.5) is 17.1 Å². The molecular weight excluding hydrogens is 593 g/mol. The van der Waals surface area contributed by atoms with Gasteiger partial charge in [-0.3, -0.25) is 0 Å². The fraction of sp³-hybridized carbons (Fsp3) is 0. The third-order valence-electron chi connectivity index (χ3n) is 9.31. The van der Waals surface area contributed by atoms with E-state index in [0.717, 1.165) is 49.6 Å². The van der Waals surface area contributed by atoms with Gasteiger partial charge in [-0.1, -0.05) is 91.0 Å². The first-order valence-electron chi connectivity index (χ1n) is 15.8. The van der Waals surface area contributed by atoms with E-state index in [0.29, 0.717) is 5.71 Å². The van der Waals surface area contributed by atoms with Crippen molar-refractivity contribution in [3.63, 3.8) is 0 Å². The quantitative estimate of drug-likeness (QED) is 0.184. The number of thiophene rings is 1. The van der Waals surface area contributed by atoms with Gasteiger partial charge in [-0.2, -0.15) is 0 Å². The maximum atomic E-state index is 6.45. The van der Waals surface area contributed by atoms with Crippen molar-refractivity contribution in [3.05, 3.63) is 158 Å². The zero-order valence-electron chi connectivity index (χ0n) is 25.2. The minimum Gasteiger partial charge on any atom is -0.437 e. The highest BCUT2D eigenvalue weighted by Crippen LogP contribution is 2.43. The van der Waals surface area contributed by atoms with Crippen LogP contribution < -0.4 is 4.90 Å². The summed E-state index contributed by atoms with van der Waals surface area (Å²) in [6.45, 7) is 0. The molecule has 0 bridgehead atoms. The molecule has 3 aromatic heterocycles. The van der Waals surface area contributed by atoms with Crippen molar-refractivity contribution in [2.24, 2.45) is 0 Å². The van der Waals surface area contributed by atoms with Crippen LogP contribution >= 0.6 is 11.3 Å².